The second kappa shape index (κ2) is 9.37. The molecule has 0 aliphatic heterocycles. The van der Waals surface area contributed by atoms with Gasteiger partial charge < -0.3 is 9.47 Å². The Hall–Kier alpha value is -2.86. The third-order valence-electron chi connectivity index (χ3n) is 4.08. The van der Waals surface area contributed by atoms with E-state index in [1.807, 2.05) is 61.7 Å². The average molecular weight is 397 g/mol. The normalized spacial score (nSPS) is 10.5. The number of nitrogens with zero attached hydrogens (tertiary/aromatic N) is 1. The number of aryl methyl sites for hydroxylation is 2. The number of ether oxygens (including phenoxy) is 2. The second-order valence-corrected chi connectivity index (χ2v) is 7.37. The van der Waals surface area contributed by atoms with Crippen LogP contribution in [0.5, 0.6) is 11.5 Å². The van der Waals surface area contributed by atoms with Crippen molar-refractivity contribution in [1.82, 2.24) is 4.98 Å². The summed E-state index contributed by atoms with van der Waals surface area (Å²) in [6.07, 6.45) is 0.976. The first-order valence-corrected chi connectivity index (χ1v) is 10.1. The first-order valence-electron chi connectivity index (χ1n) is 9.24. The molecule has 3 rings (SSSR count). The SMILES string of the molecule is CCCOc1ccc(-c2csc(NC(=O)COc3cc(C)ccc3C)n2)cc1. The molecule has 0 saturated heterocycles. The summed E-state index contributed by atoms with van der Waals surface area (Å²) in [4.78, 5) is 16.7. The van der Waals surface area contributed by atoms with Crippen LogP contribution in [0.4, 0.5) is 5.13 Å². The van der Waals surface area contributed by atoms with Gasteiger partial charge in [-0.05, 0) is 61.7 Å². The predicted molar refractivity (Wildman–Crippen MR) is 113 cm³/mol. The Bertz CT molecular complexity index is 935. The van der Waals surface area contributed by atoms with Crippen molar-refractivity contribution in [3.05, 3.63) is 59.0 Å². The van der Waals surface area contributed by atoms with Crippen LogP contribution in [0.15, 0.2) is 47.8 Å². The molecule has 1 amide bonds. The van der Waals surface area contributed by atoms with Gasteiger partial charge in [-0.25, -0.2) is 4.98 Å². The van der Waals surface area contributed by atoms with E-state index < -0.39 is 0 Å². The highest BCUT2D eigenvalue weighted by Crippen LogP contribution is 2.26. The first kappa shape index (κ1) is 19.9. The van der Waals surface area contributed by atoms with E-state index in [0.29, 0.717) is 11.7 Å². The van der Waals surface area contributed by atoms with E-state index in [0.717, 1.165) is 40.3 Å². The lowest BCUT2D eigenvalue weighted by molar-refractivity contribution is -0.118. The minimum Gasteiger partial charge on any atom is -0.494 e. The lowest BCUT2D eigenvalue weighted by Crippen LogP contribution is -2.20. The highest BCUT2D eigenvalue weighted by molar-refractivity contribution is 7.14. The number of anilines is 1. The maximum atomic E-state index is 12.2. The van der Waals surface area contributed by atoms with Gasteiger partial charge in [0.05, 0.1) is 12.3 Å². The fourth-order valence-electron chi connectivity index (χ4n) is 2.57. The smallest absolute Gasteiger partial charge is 0.264 e. The minimum atomic E-state index is -0.231. The van der Waals surface area contributed by atoms with Crippen LogP contribution in [0.3, 0.4) is 0 Å². The van der Waals surface area contributed by atoms with Gasteiger partial charge in [0.15, 0.2) is 11.7 Å². The molecule has 3 aromatic rings. The quantitative estimate of drug-likeness (QED) is 0.566. The number of hydrogen-bond donors (Lipinski definition) is 1. The number of rotatable bonds is 8. The zero-order chi connectivity index (χ0) is 19.9. The summed E-state index contributed by atoms with van der Waals surface area (Å²) in [5.74, 6) is 1.34. The van der Waals surface area contributed by atoms with E-state index in [-0.39, 0.29) is 12.5 Å². The molecule has 28 heavy (non-hydrogen) atoms. The van der Waals surface area contributed by atoms with Gasteiger partial charge in [-0.1, -0.05) is 19.1 Å². The molecule has 0 atom stereocenters. The topological polar surface area (TPSA) is 60.5 Å². The van der Waals surface area contributed by atoms with Gasteiger partial charge in [0.2, 0.25) is 0 Å². The van der Waals surface area contributed by atoms with E-state index in [1.165, 1.54) is 11.3 Å². The van der Waals surface area contributed by atoms with Crippen molar-refractivity contribution in [3.63, 3.8) is 0 Å². The molecule has 0 fully saturated rings. The van der Waals surface area contributed by atoms with E-state index in [9.17, 15) is 4.79 Å². The minimum absolute atomic E-state index is 0.0529. The average Bonchev–Trinajstić information content (AvgIpc) is 3.16. The third kappa shape index (κ3) is 5.33. The number of amides is 1. The molecular weight excluding hydrogens is 372 g/mol. The molecular formula is C22H24N2O3S. The molecule has 1 heterocycles. The highest BCUT2D eigenvalue weighted by Gasteiger charge is 2.10. The second-order valence-electron chi connectivity index (χ2n) is 6.52. The van der Waals surface area contributed by atoms with Gasteiger partial charge in [0.25, 0.3) is 5.91 Å². The molecule has 0 aliphatic rings. The maximum Gasteiger partial charge on any atom is 0.264 e. The lowest BCUT2D eigenvalue weighted by atomic mass is 10.1. The molecule has 0 radical (unpaired) electrons. The summed E-state index contributed by atoms with van der Waals surface area (Å²) < 4.78 is 11.2. The molecule has 146 valence electrons. The molecule has 2 aromatic carbocycles. The van der Waals surface area contributed by atoms with E-state index in [2.05, 4.69) is 17.2 Å². The Balaban J connectivity index is 1.56. The molecule has 6 heteroatoms. The van der Waals surface area contributed by atoms with Gasteiger partial charge in [-0.15, -0.1) is 11.3 Å². The first-order chi connectivity index (χ1) is 13.5. The Morgan fingerprint density at radius 3 is 2.64 bits per heavy atom. The van der Waals surface area contributed by atoms with Crippen molar-refractivity contribution < 1.29 is 14.3 Å². The van der Waals surface area contributed by atoms with Crippen molar-refractivity contribution in [2.24, 2.45) is 0 Å². The molecule has 1 aromatic heterocycles. The zero-order valence-corrected chi connectivity index (χ0v) is 17.1. The summed E-state index contributed by atoms with van der Waals surface area (Å²) >= 11 is 1.39. The Morgan fingerprint density at radius 1 is 1.11 bits per heavy atom. The number of carbonyl (C=O) groups is 1. The molecule has 1 N–H and O–H groups in total. The number of hydrogen-bond acceptors (Lipinski definition) is 5. The van der Waals surface area contributed by atoms with Crippen LogP contribution in [0.1, 0.15) is 24.5 Å². The maximum absolute atomic E-state index is 12.2. The van der Waals surface area contributed by atoms with Gasteiger partial charge in [-0.3, -0.25) is 10.1 Å². The number of benzene rings is 2. The summed E-state index contributed by atoms with van der Waals surface area (Å²) in [7, 11) is 0. The van der Waals surface area contributed by atoms with Crippen molar-refractivity contribution in [1.29, 1.82) is 0 Å². The van der Waals surface area contributed by atoms with E-state index >= 15 is 0 Å². The van der Waals surface area contributed by atoms with Gasteiger partial charge in [0, 0.05) is 10.9 Å². The lowest BCUT2D eigenvalue weighted by Gasteiger charge is -2.09. The molecule has 0 bridgehead atoms. The molecule has 0 aliphatic carbocycles. The Kier molecular flexibility index (Phi) is 6.66. The van der Waals surface area contributed by atoms with Gasteiger partial charge in [0.1, 0.15) is 11.5 Å². The number of carbonyl (C=O) groups excluding carboxylic acids is 1. The Labute approximate surface area is 169 Å². The van der Waals surface area contributed by atoms with Crippen LogP contribution in [-0.2, 0) is 4.79 Å². The Morgan fingerprint density at radius 2 is 1.89 bits per heavy atom. The highest BCUT2D eigenvalue weighted by atomic mass is 32.1. The van der Waals surface area contributed by atoms with Crippen molar-refractivity contribution >= 4 is 22.4 Å². The van der Waals surface area contributed by atoms with E-state index in [4.69, 9.17) is 9.47 Å². The van der Waals surface area contributed by atoms with Gasteiger partial charge >= 0.3 is 0 Å². The van der Waals surface area contributed by atoms with Crippen molar-refractivity contribution in [2.75, 3.05) is 18.5 Å². The zero-order valence-electron chi connectivity index (χ0n) is 16.3. The summed E-state index contributed by atoms with van der Waals surface area (Å²) in [5, 5.41) is 5.27. The molecule has 0 spiro atoms. The summed E-state index contributed by atoms with van der Waals surface area (Å²) in [6.45, 7) is 6.68. The molecule has 5 nitrogen and oxygen atoms in total. The number of aromatic nitrogens is 1. The summed E-state index contributed by atoms with van der Waals surface area (Å²) in [5.41, 5.74) is 3.89. The van der Waals surface area contributed by atoms with Crippen LogP contribution in [-0.4, -0.2) is 24.1 Å². The number of thiazole rings is 1. The fourth-order valence-corrected chi connectivity index (χ4v) is 3.30. The molecule has 0 unspecified atom stereocenters. The fraction of sp³-hybridized carbons (Fsp3) is 0.273. The monoisotopic (exact) mass is 396 g/mol. The van der Waals surface area contributed by atoms with Crippen LogP contribution in [0.2, 0.25) is 0 Å². The summed E-state index contributed by atoms with van der Waals surface area (Å²) in [6, 6.07) is 13.7. The van der Waals surface area contributed by atoms with Gasteiger partial charge in [-0.2, -0.15) is 0 Å². The van der Waals surface area contributed by atoms with Crippen LogP contribution in [0, 0.1) is 13.8 Å². The predicted octanol–water partition coefficient (Wildman–Crippen LogP) is 5.23. The standard InChI is InChI=1S/C22H24N2O3S/c1-4-11-26-18-9-7-17(8-10-18)19-14-28-22(23-19)24-21(25)13-27-20-12-15(2)5-6-16(20)3/h5-10,12,14H,4,11,13H2,1-3H3,(H,23,24,25). The number of nitrogens with one attached hydrogen (secondary N) is 1. The van der Waals surface area contributed by atoms with Crippen LogP contribution in [0.25, 0.3) is 11.3 Å². The van der Waals surface area contributed by atoms with Crippen molar-refractivity contribution in [2.45, 2.75) is 27.2 Å². The van der Waals surface area contributed by atoms with E-state index in [1.54, 1.807) is 0 Å². The van der Waals surface area contributed by atoms with Crippen LogP contribution >= 0.6 is 11.3 Å². The molecule has 0 saturated carbocycles. The van der Waals surface area contributed by atoms with Crippen LogP contribution < -0.4 is 14.8 Å². The van der Waals surface area contributed by atoms with Crippen molar-refractivity contribution in [3.8, 4) is 22.8 Å². The third-order valence-corrected chi connectivity index (χ3v) is 4.83. The largest absolute Gasteiger partial charge is 0.494 e.